The lowest BCUT2D eigenvalue weighted by molar-refractivity contribution is 0.904. The van der Waals surface area contributed by atoms with E-state index in [1.807, 2.05) is 36.0 Å². The summed E-state index contributed by atoms with van der Waals surface area (Å²) in [6.07, 6.45) is 4.27. The van der Waals surface area contributed by atoms with Gasteiger partial charge < -0.3 is 10.2 Å². The molecule has 1 heterocycles. The summed E-state index contributed by atoms with van der Waals surface area (Å²) in [5.74, 6) is 0.821. The first-order valence-corrected chi connectivity index (χ1v) is 8.27. The minimum atomic E-state index is 0.530. The zero-order valence-corrected chi connectivity index (χ0v) is 14.3. The Morgan fingerprint density at radius 3 is 2.60 bits per heavy atom. The van der Waals surface area contributed by atoms with E-state index in [-0.39, 0.29) is 0 Å². The second-order valence-corrected chi connectivity index (χ2v) is 5.81. The van der Waals surface area contributed by atoms with Crippen LogP contribution in [-0.2, 0) is 6.54 Å². The van der Waals surface area contributed by atoms with E-state index < -0.39 is 0 Å². The van der Waals surface area contributed by atoms with Crippen molar-refractivity contribution in [2.24, 2.45) is 0 Å². The fourth-order valence-corrected chi connectivity index (χ4v) is 2.63. The lowest BCUT2D eigenvalue weighted by Crippen LogP contribution is -2.17. The molecule has 5 nitrogen and oxygen atoms in total. The third kappa shape index (κ3) is 4.18. The van der Waals surface area contributed by atoms with Crippen LogP contribution in [0.25, 0.3) is 5.69 Å². The van der Waals surface area contributed by atoms with Gasteiger partial charge in [-0.2, -0.15) is 5.26 Å². The molecule has 0 spiro atoms. The summed E-state index contributed by atoms with van der Waals surface area (Å²) in [5, 5.41) is 12.1. The van der Waals surface area contributed by atoms with Gasteiger partial charge in [-0.1, -0.05) is 30.3 Å². The van der Waals surface area contributed by atoms with E-state index in [9.17, 15) is 0 Å². The van der Waals surface area contributed by atoms with Gasteiger partial charge in [-0.3, -0.25) is 4.57 Å². The van der Waals surface area contributed by atoms with Crippen LogP contribution in [0.4, 0.5) is 11.6 Å². The molecule has 0 atom stereocenters. The molecule has 0 radical (unpaired) electrons. The summed E-state index contributed by atoms with van der Waals surface area (Å²) < 4.78 is 2.03. The smallest absolute Gasteiger partial charge is 0.207 e. The highest BCUT2D eigenvalue weighted by Crippen LogP contribution is 2.17. The fraction of sp³-hybridized carbons (Fsp3) is 0.200. The Hall–Kier alpha value is -3.26. The van der Waals surface area contributed by atoms with E-state index in [2.05, 4.69) is 57.7 Å². The van der Waals surface area contributed by atoms with Crippen LogP contribution in [0.5, 0.6) is 0 Å². The molecule has 25 heavy (non-hydrogen) atoms. The predicted octanol–water partition coefficient (Wildman–Crippen LogP) is 3.83. The van der Waals surface area contributed by atoms with Crippen LogP contribution in [0.1, 0.15) is 12.0 Å². The average Bonchev–Trinajstić information content (AvgIpc) is 3.14. The molecule has 126 valence electrons. The molecule has 0 saturated heterocycles. The predicted molar refractivity (Wildman–Crippen MR) is 101 cm³/mol. The topological polar surface area (TPSA) is 56.9 Å². The Kier molecular flexibility index (Phi) is 5.32. The second-order valence-electron chi connectivity index (χ2n) is 5.81. The van der Waals surface area contributed by atoms with E-state index in [1.54, 1.807) is 6.20 Å². The Labute approximate surface area is 148 Å². The third-order valence-corrected chi connectivity index (χ3v) is 4.06. The third-order valence-electron chi connectivity index (χ3n) is 4.06. The molecule has 0 bridgehead atoms. The molecule has 0 aliphatic rings. The van der Waals surface area contributed by atoms with Crippen molar-refractivity contribution in [2.75, 3.05) is 23.8 Å². The first-order valence-electron chi connectivity index (χ1n) is 8.27. The maximum atomic E-state index is 8.68. The Morgan fingerprint density at radius 1 is 1.12 bits per heavy atom. The summed E-state index contributed by atoms with van der Waals surface area (Å²) in [5.41, 5.74) is 3.38. The van der Waals surface area contributed by atoms with Crippen molar-refractivity contribution >= 4 is 11.6 Å². The molecule has 0 aliphatic heterocycles. The lowest BCUT2D eigenvalue weighted by Gasteiger charge is -2.18. The number of nitriles is 1. The van der Waals surface area contributed by atoms with Crippen molar-refractivity contribution in [3.63, 3.8) is 0 Å². The van der Waals surface area contributed by atoms with E-state index >= 15 is 0 Å². The lowest BCUT2D eigenvalue weighted by atomic mass is 10.2. The number of benzene rings is 2. The fourth-order valence-electron chi connectivity index (χ4n) is 2.63. The van der Waals surface area contributed by atoms with Gasteiger partial charge in [0.2, 0.25) is 5.95 Å². The van der Waals surface area contributed by atoms with Crippen molar-refractivity contribution in [3.05, 3.63) is 72.6 Å². The summed E-state index contributed by atoms with van der Waals surface area (Å²) in [4.78, 5) is 6.49. The van der Waals surface area contributed by atoms with Crippen LogP contribution in [-0.4, -0.2) is 23.1 Å². The minimum absolute atomic E-state index is 0.530. The molecule has 0 unspecified atom stereocenters. The number of imidazole rings is 1. The van der Waals surface area contributed by atoms with Gasteiger partial charge in [-0.05, 0) is 29.8 Å². The molecule has 3 aromatic rings. The zero-order chi connectivity index (χ0) is 17.5. The van der Waals surface area contributed by atoms with Crippen LogP contribution in [0.15, 0.2) is 67.0 Å². The van der Waals surface area contributed by atoms with Gasteiger partial charge >= 0.3 is 0 Å². The standard InChI is InChI=1S/C20H21N5/c1-24(14-5-12-21)18-10-8-17(9-11-18)16-23-20-22-13-15-25(20)19-6-3-2-4-7-19/h2-4,6-11,13,15H,5,14,16H2,1H3,(H,22,23). The summed E-state index contributed by atoms with van der Waals surface area (Å²) in [6, 6.07) is 20.7. The van der Waals surface area contributed by atoms with Gasteiger partial charge in [0, 0.05) is 43.9 Å². The monoisotopic (exact) mass is 331 g/mol. The molecule has 2 aromatic carbocycles. The van der Waals surface area contributed by atoms with Crippen LogP contribution in [0.3, 0.4) is 0 Å². The quantitative estimate of drug-likeness (QED) is 0.715. The first kappa shape index (κ1) is 16.6. The molecule has 3 rings (SSSR count). The van der Waals surface area contributed by atoms with Crippen LogP contribution in [0, 0.1) is 11.3 Å². The minimum Gasteiger partial charge on any atom is -0.374 e. The molecule has 5 heteroatoms. The maximum Gasteiger partial charge on any atom is 0.207 e. The molecule has 0 saturated carbocycles. The second kappa shape index (κ2) is 8.02. The molecule has 0 fully saturated rings. The Bertz CT molecular complexity index is 831. The highest BCUT2D eigenvalue weighted by molar-refractivity contribution is 5.48. The van der Waals surface area contributed by atoms with Gasteiger partial charge in [0.25, 0.3) is 0 Å². The molecule has 1 N–H and O–H groups in total. The molecule has 0 aliphatic carbocycles. The Balaban J connectivity index is 1.63. The number of nitrogens with one attached hydrogen (secondary N) is 1. The van der Waals surface area contributed by atoms with Gasteiger partial charge in [-0.25, -0.2) is 4.98 Å². The molecular weight excluding hydrogens is 310 g/mol. The van der Waals surface area contributed by atoms with Crippen LogP contribution >= 0.6 is 0 Å². The summed E-state index contributed by atoms with van der Waals surface area (Å²) >= 11 is 0. The van der Waals surface area contributed by atoms with E-state index in [0.717, 1.165) is 23.9 Å². The number of anilines is 2. The summed E-state index contributed by atoms with van der Waals surface area (Å²) in [6.45, 7) is 1.44. The number of para-hydroxylation sites is 1. The van der Waals surface area contributed by atoms with E-state index in [4.69, 9.17) is 5.26 Å². The first-order chi connectivity index (χ1) is 12.3. The number of rotatable bonds is 7. The number of nitrogens with zero attached hydrogens (tertiary/aromatic N) is 4. The number of hydrogen-bond acceptors (Lipinski definition) is 4. The van der Waals surface area contributed by atoms with Crippen molar-refractivity contribution in [1.29, 1.82) is 5.26 Å². The number of aromatic nitrogens is 2. The van der Waals surface area contributed by atoms with Gasteiger partial charge in [0.15, 0.2) is 0 Å². The highest BCUT2D eigenvalue weighted by Gasteiger charge is 2.05. The van der Waals surface area contributed by atoms with Crippen molar-refractivity contribution < 1.29 is 0 Å². The zero-order valence-electron chi connectivity index (χ0n) is 14.3. The van der Waals surface area contributed by atoms with E-state index in [0.29, 0.717) is 13.0 Å². The number of hydrogen-bond donors (Lipinski definition) is 1. The highest BCUT2D eigenvalue weighted by atomic mass is 15.2. The molecule has 1 aromatic heterocycles. The van der Waals surface area contributed by atoms with Crippen LogP contribution < -0.4 is 10.2 Å². The van der Waals surface area contributed by atoms with E-state index in [1.165, 1.54) is 5.56 Å². The van der Waals surface area contributed by atoms with Gasteiger partial charge in [-0.15, -0.1) is 0 Å². The largest absolute Gasteiger partial charge is 0.374 e. The molecule has 0 amide bonds. The SMILES string of the molecule is CN(CCC#N)c1ccc(CNc2nccn2-c2ccccc2)cc1. The van der Waals surface area contributed by atoms with Crippen molar-refractivity contribution in [3.8, 4) is 11.8 Å². The van der Waals surface area contributed by atoms with Gasteiger partial charge in [0.1, 0.15) is 0 Å². The average molecular weight is 331 g/mol. The normalized spacial score (nSPS) is 10.2. The van der Waals surface area contributed by atoms with Crippen molar-refractivity contribution in [1.82, 2.24) is 9.55 Å². The maximum absolute atomic E-state index is 8.68. The van der Waals surface area contributed by atoms with Gasteiger partial charge in [0.05, 0.1) is 12.5 Å². The van der Waals surface area contributed by atoms with Crippen LogP contribution in [0.2, 0.25) is 0 Å². The summed E-state index contributed by atoms with van der Waals surface area (Å²) in [7, 11) is 2.00. The van der Waals surface area contributed by atoms with Crippen molar-refractivity contribution in [2.45, 2.75) is 13.0 Å². The Morgan fingerprint density at radius 2 is 1.88 bits per heavy atom. The molecular formula is C20H21N5.